The number of amides is 1. The zero-order valence-electron chi connectivity index (χ0n) is 8.28. The van der Waals surface area contributed by atoms with E-state index in [9.17, 15) is 19.7 Å². The monoisotopic (exact) mass is 224 g/mol. The van der Waals surface area contributed by atoms with Gasteiger partial charge in [0.25, 0.3) is 5.91 Å². The van der Waals surface area contributed by atoms with Gasteiger partial charge in [0.15, 0.2) is 5.03 Å². The van der Waals surface area contributed by atoms with Gasteiger partial charge in [-0.15, -0.1) is 0 Å². The number of benzene rings is 1. The van der Waals surface area contributed by atoms with Crippen LogP contribution in [0, 0.1) is 10.1 Å². The molecule has 0 aromatic heterocycles. The van der Waals surface area contributed by atoms with Crippen LogP contribution >= 0.6 is 0 Å². The van der Waals surface area contributed by atoms with Gasteiger partial charge in [-0.2, -0.15) is 0 Å². The third-order valence-corrected chi connectivity index (χ3v) is 1.82. The van der Waals surface area contributed by atoms with E-state index >= 15 is 0 Å². The number of nitrogens with zero attached hydrogens (tertiary/aromatic N) is 2. The molecule has 0 atom stereocenters. The fourth-order valence-electron chi connectivity index (χ4n) is 1.21. The molecule has 0 saturated heterocycles. The van der Waals surface area contributed by atoms with Crippen LogP contribution in [-0.2, 0) is 4.79 Å². The molecule has 1 N–H and O–H groups in total. The molecule has 84 valence electrons. The van der Waals surface area contributed by atoms with Crippen molar-refractivity contribution >= 4 is 17.6 Å². The quantitative estimate of drug-likeness (QED) is 0.607. The Bertz CT molecular complexity index is 443. The van der Waals surface area contributed by atoms with Crippen LogP contribution in [0.5, 0.6) is 0 Å². The van der Waals surface area contributed by atoms with Crippen LogP contribution < -0.4 is 5.01 Å². The lowest BCUT2D eigenvalue weighted by Gasteiger charge is -2.11. The van der Waals surface area contributed by atoms with Crippen molar-refractivity contribution in [1.29, 1.82) is 0 Å². The molecule has 0 fully saturated rings. The summed E-state index contributed by atoms with van der Waals surface area (Å²) in [6.07, 6.45) is 0. The summed E-state index contributed by atoms with van der Waals surface area (Å²) in [7, 11) is 0. The summed E-state index contributed by atoms with van der Waals surface area (Å²) in [6.45, 7) is 0.988. The van der Waals surface area contributed by atoms with E-state index < -0.39 is 16.9 Å². The van der Waals surface area contributed by atoms with Crippen molar-refractivity contribution in [3.8, 4) is 0 Å². The van der Waals surface area contributed by atoms with Gasteiger partial charge >= 0.3 is 5.97 Å². The first-order valence-corrected chi connectivity index (χ1v) is 4.22. The zero-order valence-corrected chi connectivity index (χ0v) is 8.28. The van der Waals surface area contributed by atoms with E-state index in [0.717, 1.165) is 6.92 Å². The summed E-state index contributed by atoms with van der Waals surface area (Å²) in [5.41, 5.74) is -0.554. The molecule has 7 nitrogen and oxygen atoms in total. The number of carbonyl (C=O) groups excluding carboxylic acids is 1. The highest BCUT2D eigenvalue weighted by molar-refractivity contribution is 5.99. The largest absolute Gasteiger partial charge is 0.478 e. The number of carboxylic acid groups (broad SMARTS) is 1. The highest BCUT2D eigenvalue weighted by atomic mass is 16.7. The molecule has 0 heterocycles. The third-order valence-electron chi connectivity index (χ3n) is 1.82. The van der Waals surface area contributed by atoms with Gasteiger partial charge in [0.2, 0.25) is 0 Å². The molecular weight excluding hydrogens is 216 g/mol. The smallest absolute Gasteiger partial charge is 0.338 e. The van der Waals surface area contributed by atoms with Crippen molar-refractivity contribution < 1.29 is 19.7 Å². The molecule has 0 saturated carbocycles. The first-order chi connectivity index (χ1) is 7.45. The molecule has 1 amide bonds. The molecular formula is C9H8N2O5. The van der Waals surface area contributed by atoms with Crippen LogP contribution in [0.3, 0.4) is 0 Å². The second-order valence-corrected chi connectivity index (χ2v) is 2.89. The van der Waals surface area contributed by atoms with E-state index in [0.29, 0.717) is 0 Å². The van der Waals surface area contributed by atoms with Crippen molar-refractivity contribution in [1.82, 2.24) is 0 Å². The molecule has 0 radical (unpaired) electrons. The molecule has 0 spiro atoms. The van der Waals surface area contributed by atoms with Crippen molar-refractivity contribution in [2.45, 2.75) is 6.92 Å². The van der Waals surface area contributed by atoms with Crippen LogP contribution in [0.4, 0.5) is 5.69 Å². The van der Waals surface area contributed by atoms with E-state index in [1.165, 1.54) is 24.3 Å². The Morgan fingerprint density at radius 1 is 1.38 bits per heavy atom. The lowest BCUT2D eigenvalue weighted by molar-refractivity contribution is -0.483. The lowest BCUT2D eigenvalue weighted by atomic mass is 10.2. The molecule has 16 heavy (non-hydrogen) atoms. The van der Waals surface area contributed by atoms with Gasteiger partial charge in [-0.1, -0.05) is 12.1 Å². The first kappa shape index (κ1) is 11.6. The normalized spacial score (nSPS) is 9.56. The van der Waals surface area contributed by atoms with Gasteiger partial charge in [-0.25, -0.2) is 14.9 Å². The van der Waals surface area contributed by atoms with Gasteiger partial charge in [0, 0.05) is 6.92 Å². The van der Waals surface area contributed by atoms with Crippen LogP contribution in [0.2, 0.25) is 0 Å². The Hall–Kier alpha value is -2.44. The summed E-state index contributed by atoms with van der Waals surface area (Å²) < 4.78 is 0. The first-order valence-electron chi connectivity index (χ1n) is 4.22. The van der Waals surface area contributed by atoms with E-state index in [1.54, 1.807) is 0 Å². The molecule has 0 aliphatic rings. The van der Waals surface area contributed by atoms with Crippen molar-refractivity contribution in [2.24, 2.45) is 0 Å². The average Bonchev–Trinajstić information content (AvgIpc) is 2.17. The highest BCUT2D eigenvalue weighted by Gasteiger charge is 2.27. The number of carboxylic acids is 1. The van der Waals surface area contributed by atoms with E-state index in [1.807, 2.05) is 0 Å². The Morgan fingerprint density at radius 3 is 2.38 bits per heavy atom. The summed E-state index contributed by atoms with van der Waals surface area (Å²) in [5.74, 6) is -2.19. The minimum absolute atomic E-state index is 0.198. The number of anilines is 1. The number of carbonyl (C=O) groups is 2. The maximum Gasteiger partial charge on any atom is 0.338 e. The summed E-state index contributed by atoms with van der Waals surface area (Å²) in [6, 6.07) is 5.23. The van der Waals surface area contributed by atoms with E-state index in [4.69, 9.17) is 5.11 Å². The zero-order chi connectivity index (χ0) is 12.3. The number of rotatable bonds is 3. The van der Waals surface area contributed by atoms with Gasteiger partial charge < -0.3 is 5.11 Å². The number of para-hydroxylation sites is 1. The predicted molar refractivity (Wildman–Crippen MR) is 53.6 cm³/mol. The molecule has 1 aromatic rings. The number of aromatic carboxylic acids is 1. The van der Waals surface area contributed by atoms with Gasteiger partial charge in [-0.05, 0) is 17.1 Å². The summed E-state index contributed by atoms with van der Waals surface area (Å²) in [4.78, 5) is 32.5. The molecule has 7 heteroatoms. The van der Waals surface area contributed by atoms with Crippen LogP contribution in [0.15, 0.2) is 24.3 Å². The fraction of sp³-hybridized carbons (Fsp3) is 0.111. The lowest BCUT2D eigenvalue weighted by Crippen LogP contribution is -2.35. The second kappa shape index (κ2) is 4.39. The Balaban J connectivity index is 3.35. The summed E-state index contributed by atoms with van der Waals surface area (Å²) in [5, 5.41) is 18.7. The maximum atomic E-state index is 11.1. The van der Waals surface area contributed by atoms with Gasteiger partial charge in [-0.3, -0.25) is 4.79 Å². The maximum absolute atomic E-state index is 11.1. The minimum Gasteiger partial charge on any atom is -0.478 e. The van der Waals surface area contributed by atoms with Crippen LogP contribution in [0.25, 0.3) is 0 Å². The highest BCUT2D eigenvalue weighted by Crippen LogP contribution is 2.20. The van der Waals surface area contributed by atoms with Crippen molar-refractivity contribution in [3.63, 3.8) is 0 Å². The van der Waals surface area contributed by atoms with Crippen LogP contribution in [0.1, 0.15) is 17.3 Å². The molecule has 0 aliphatic carbocycles. The SMILES string of the molecule is CC(=O)N(c1ccccc1C(=O)O)[N+](=O)[O-]. The number of hydrazine groups is 1. The fourth-order valence-corrected chi connectivity index (χ4v) is 1.21. The molecule has 1 rings (SSSR count). The molecule has 0 aliphatic heterocycles. The van der Waals surface area contributed by atoms with Crippen LogP contribution in [-0.4, -0.2) is 22.0 Å². The second-order valence-electron chi connectivity index (χ2n) is 2.89. The third kappa shape index (κ3) is 2.14. The van der Waals surface area contributed by atoms with E-state index in [-0.39, 0.29) is 16.3 Å². The number of hydrogen-bond acceptors (Lipinski definition) is 4. The molecule has 1 aromatic carbocycles. The predicted octanol–water partition coefficient (Wildman–Crippen LogP) is 0.929. The van der Waals surface area contributed by atoms with Crippen molar-refractivity contribution in [3.05, 3.63) is 39.9 Å². The standard InChI is InChI=1S/C9H8N2O5/c1-6(12)10(11(15)16)8-5-3-2-4-7(8)9(13)14/h2-5H,1H3,(H,13,14). The minimum atomic E-state index is -1.33. The molecule has 0 bridgehead atoms. The van der Waals surface area contributed by atoms with Gasteiger partial charge in [0.05, 0.1) is 5.56 Å². The number of hydrogen-bond donors (Lipinski definition) is 1. The average molecular weight is 224 g/mol. The van der Waals surface area contributed by atoms with E-state index in [2.05, 4.69) is 0 Å². The Kier molecular flexibility index (Phi) is 3.19. The molecule has 0 unspecified atom stereocenters. The number of nitro groups is 1. The Labute approximate surface area is 90.0 Å². The van der Waals surface area contributed by atoms with Crippen molar-refractivity contribution in [2.75, 3.05) is 5.01 Å². The Morgan fingerprint density at radius 2 is 1.94 bits per heavy atom. The van der Waals surface area contributed by atoms with Gasteiger partial charge in [0.1, 0.15) is 5.69 Å². The summed E-state index contributed by atoms with van der Waals surface area (Å²) >= 11 is 0. The topological polar surface area (TPSA) is 101 Å².